The van der Waals surface area contributed by atoms with Gasteiger partial charge in [0.2, 0.25) is 5.91 Å². The van der Waals surface area contributed by atoms with Crippen LogP contribution >= 0.6 is 0 Å². The first kappa shape index (κ1) is 18.2. The van der Waals surface area contributed by atoms with Gasteiger partial charge in [-0.1, -0.05) is 43.2 Å². The van der Waals surface area contributed by atoms with Crippen LogP contribution in [0.5, 0.6) is 5.75 Å². The summed E-state index contributed by atoms with van der Waals surface area (Å²) in [7, 11) is 1.83. The Balaban J connectivity index is 1.50. The lowest BCUT2D eigenvalue weighted by Gasteiger charge is -2.27. The maximum atomic E-state index is 12.5. The summed E-state index contributed by atoms with van der Waals surface area (Å²) in [5.74, 6) is 0.302. The van der Waals surface area contributed by atoms with Gasteiger partial charge in [-0.15, -0.1) is 0 Å². The van der Waals surface area contributed by atoms with E-state index in [4.69, 9.17) is 4.74 Å². The number of carbonyl (C=O) groups excluding carboxylic acids is 2. The minimum Gasteiger partial charge on any atom is -0.484 e. The lowest BCUT2D eigenvalue weighted by Crippen LogP contribution is -2.49. The van der Waals surface area contributed by atoms with Crippen LogP contribution in [-0.2, 0) is 9.59 Å². The maximum Gasteiger partial charge on any atom is 0.258 e. The van der Waals surface area contributed by atoms with E-state index in [1.165, 1.54) is 12.8 Å². The average molecular weight is 354 g/mol. The Bertz CT molecular complexity index is 784. The predicted octanol–water partition coefficient (Wildman–Crippen LogP) is 3.12. The smallest absolute Gasteiger partial charge is 0.258 e. The Morgan fingerprint density at radius 1 is 1.15 bits per heavy atom. The van der Waals surface area contributed by atoms with Gasteiger partial charge in [-0.25, -0.2) is 0 Å². The minimum atomic E-state index is -0.548. The van der Waals surface area contributed by atoms with Crippen LogP contribution in [0.15, 0.2) is 42.5 Å². The number of ether oxygens (including phenoxy) is 1. The molecule has 1 aliphatic rings. The standard InChI is InChI=1S/C21H26N2O3/c1-15(21(25)23(2)18-9-5-6-10-18)22-20(24)14-26-19-12-11-16-7-3-4-8-17(16)13-19/h3-4,7-8,11-13,15,18H,5-6,9-10,14H2,1-2H3,(H,22,24). The van der Waals surface area contributed by atoms with E-state index in [0.717, 1.165) is 23.6 Å². The Morgan fingerprint density at radius 2 is 1.85 bits per heavy atom. The summed E-state index contributed by atoms with van der Waals surface area (Å²) in [5.41, 5.74) is 0. The Labute approximate surface area is 154 Å². The van der Waals surface area contributed by atoms with E-state index in [-0.39, 0.29) is 18.4 Å². The van der Waals surface area contributed by atoms with Crippen molar-refractivity contribution in [1.29, 1.82) is 0 Å². The van der Waals surface area contributed by atoms with Gasteiger partial charge in [0.25, 0.3) is 5.91 Å². The fraction of sp³-hybridized carbons (Fsp3) is 0.429. The predicted molar refractivity (Wildman–Crippen MR) is 102 cm³/mol. The van der Waals surface area contributed by atoms with Crippen LogP contribution in [0.2, 0.25) is 0 Å². The molecule has 5 nitrogen and oxygen atoms in total. The van der Waals surface area contributed by atoms with E-state index in [0.29, 0.717) is 11.8 Å². The van der Waals surface area contributed by atoms with Crippen LogP contribution in [0.3, 0.4) is 0 Å². The van der Waals surface area contributed by atoms with Gasteiger partial charge < -0.3 is 15.0 Å². The molecule has 2 aromatic carbocycles. The van der Waals surface area contributed by atoms with E-state index in [2.05, 4.69) is 5.32 Å². The molecule has 2 amide bonds. The van der Waals surface area contributed by atoms with E-state index in [9.17, 15) is 9.59 Å². The van der Waals surface area contributed by atoms with Crippen molar-refractivity contribution < 1.29 is 14.3 Å². The summed E-state index contributed by atoms with van der Waals surface area (Å²) >= 11 is 0. The molecule has 26 heavy (non-hydrogen) atoms. The fourth-order valence-electron chi connectivity index (χ4n) is 3.53. The molecule has 0 bridgehead atoms. The van der Waals surface area contributed by atoms with Crippen molar-refractivity contribution in [2.24, 2.45) is 0 Å². The molecule has 0 saturated heterocycles. The quantitative estimate of drug-likeness (QED) is 0.867. The molecule has 0 aliphatic heterocycles. The highest BCUT2D eigenvalue weighted by Gasteiger charge is 2.27. The summed E-state index contributed by atoms with van der Waals surface area (Å²) in [6.07, 6.45) is 4.44. The van der Waals surface area contributed by atoms with E-state index in [1.807, 2.05) is 49.5 Å². The van der Waals surface area contributed by atoms with Crippen LogP contribution in [0.1, 0.15) is 32.6 Å². The molecular weight excluding hydrogens is 328 g/mol. The van der Waals surface area contributed by atoms with Crippen molar-refractivity contribution in [2.45, 2.75) is 44.7 Å². The lowest BCUT2D eigenvalue weighted by molar-refractivity contribution is -0.137. The largest absolute Gasteiger partial charge is 0.484 e. The Kier molecular flexibility index (Phi) is 5.76. The number of benzene rings is 2. The number of hydrogen-bond acceptors (Lipinski definition) is 3. The topological polar surface area (TPSA) is 58.6 Å². The van der Waals surface area contributed by atoms with Gasteiger partial charge in [-0.3, -0.25) is 9.59 Å². The molecule has 0 spiro atoms. The van der Waals surface area contributed by atoms with E-state index >= 15 is 0 Å². The maximum absolute atomic E-state index is 12.5. The van der Waals surface area contributed by atoms with E-state index < -0.39 is 6.04 Å². The van der Waals surface area contributed by atoms with Crippen molar-refractivity contribution in [3.8, 4) is 5.75 Å². The number of hydrogen-bond donors (Lipinski definition) is 1. The minimum absolute atomic E-state index is 0.0454. The number of amides is 2. The first-order valence-corrected chi connectivity index (χ1v) is 9.22. The molecule has 1 saturated carbocycles. The number of nitrogens with zero attached hydrogens (tertiary/aromatic N) is 1. The zero-order chi connectivity index (χ0) is 18.5. The average Bonchev–Trinajstić information content (AvgIpc) is 3.19. The van der Waals surface area contributed by atoms with Crippen LogP contribution < -0.4 is 10.1 Å². The first-order valence-electron chi connectivity index (χ1n) is 9.22. The highest BCUT2D eigenvalue weighted by molar-refractivity contribution is 5.88. The molecule has 1 N–H and O–H groups in total. The third-order valence-electron chi connectivity index (χ3n) is 5.06. The summed E-state index contributed by atoms with van der Waals surface area (Å²) in [6, 6.07) is 13.4. The third kappa shape index (κ3) is 4.34. The second-order valence-electron chi connectivity index (χ2n) is 6.97. The number of nitrogens with one attached hydrogen (secondary N) is 1. The molecule has 0 radical (unpaired) electrons. The van der Waals surface area contributed by atoms with Gasteiger partial charge in [-0.05, 0) is 42.7 Å². The number of likely N-dealkylation sites (N-methyl/N-ethyl adjacent to an activating group) is 1. The van der Waals surface area contributed by atoms with Crippen molar-refractivity contribution >= 4 is 22.6 Å². The van der Waals surface area contributed by atoms with Gasteiger partial charge in [0.1, 0.15) is 11.8 Å². The van der Waals surface area contributed by atoms with Crippen LogP contribution in [-0.4, -0.2) is 42.5 Å². The monoisotopic (exact) mass is 354 g/mol. The molecule has 138 valence electrons. The van der Waals surface area contributed by atoms with Gasteiger partial charge >= 0.3 is 0 Å². The number of rotatable bonds is 6. The van der Waals surface area contributed by atoms with Crippen LogP contribution in [0.25, 0.3) is 10.8 Å². The number of fused-ring (bicyclic) bond motifs is 1. The molecule has 0 heterocycles. The normalized spacial score (nSPS) is 15.6. The Hall–Kier alpha value is -2.56. The lowest BCUT2D eigenvalue weighted by atomic mass is 10.1. The van der Waals surface area contributed by atoms with Crippen LogP contribution in [0.4, 0.5) is 0 Å². The van der Waals surface area contributed by atoms with Gasteiger partial charge in [-0.2, -0.15) is 0 Å². The van der Waals surface area contributed by atoms with Crippen molar-refractivity contribution in [2.75, 3.05) is 13.7 Å². The number of carbonyl (C=O) groups is 2. The van der Waals surface area contributed by atoms with E-state index in [1.54, 1.807) is 11.8 Å². The first-order chi connectivity index (χ1) is 12.5. The Morgan fingerprint density at radius 3 is 2.58 bits per heavy atom. The molecule has 2 aromatic rings. The fourth-order valence-corrected chi connectivity index (χ4v) is 3.53. The summed E-state index contributed by atoms with van der Waals surface area (Å²) in [5, 5.41) is 4.92. The second kappa shape index (κ2) is 8.21. The second-order valence-corrected chi connectivity index (χ2v) is 6.97. The molecule has 0 aromatic heterocycles. The van der Waals surface area contributed by atoms with Crippen molar-refractivity contribution in [3.05, 3.63) is 42.5 Å². The summed E-state index contributed by atoms with van der Waals surface area (Å²) in [6.45, 7) is 1.62. The van der Waals surface area contributed by atoms with Crippen molar-refractivity contribution in [1.82, 2.24) is 10.2 Å². The van der Waals surface area contributed by atoms with Crippen LogP contribution in [0, 0.1) is 0 Å². The third-order valence-corrected chi connectivity index (χ3v) is 5.06. The van der Waals surface area contributed by atoms with Gasteiger partial charge in [0.15, 0.2) is 6.61 Å². The highest BCUT2D eigenvalue weighted by atomic mass is 16.5. The molecule has 1 atom stereocenters. The highest BCUT2D eigenvalue weighted by Crippen LogP contribution is 2.23. The summed E-state index contributed by atoms with van der Waals surface area (Å²) < 4.78 is 5.58. The summed E-state index contributed by atoms with van der Waals surface area (Å²) in [4.78, 5) is 26.4. The SMILES string of the molecule is CC(NC(=O)COc1ccc2ccccc2c1)C(=O)N(C)C1CCCC1. The molecule has 3 rings (SSSR count). The van der Waals surface area contributed by atoms with Gasteiger partial charge in [0, 0.05) is 13.1 Å². The molecular formula is C21H26N2O3. The molecule has 5 heteroatoms. The molecule has 1 unspecified atom stereocenters. The van der Waals surface area contributed by atoms with Gasteiger partial charge in [0.05, 0.1) is 0 Å². The molecule has 1 fully saturated rings. The molecule has 1 aliphatic carbocycles. The van der Waals surface area contributed by atoms with Crippen molar-refractivity contribution in [3.63, 3.8) is 0 Å². The zero-order valence-corrected chi connectivity index (χ0v) is 15.4. The zero-order valence-electron chi connectivity index (χ0n) is 15.4.